The molecular weight excluding hydrogens is 302 g/mol. The number of hydrogen-bond acceptors (Lipinski definition) is 4. The van der Waals surface area contributed by atoms with Crippen LogP contribution in [0.4, 0.5) is 0 Å². The molecule has 1 unspecified atom stereocenters. The van der Waals surface area contributed by atoms with Gasteiger partial charge in [-0.2, -0.15) is 0 Å². The largest absolute Gasteiger partial charge is 0.342 e. The van der Waals surface area contributed by atoms with Gasteiger partial charge in [0.05, 0.1) is 11.9 Å². The smallest absolute Gasteiger partial charge is 0.227 e. The van der Waals surface area contributed by atoms with Crippen molar-refractivity contribution < 1.29 is 4.79 Å². The molecule has 6 nitrogen and oxygen atoms in total. The molecule has 1 fully saturated rings. The van der Waals surface area contributed by atoms with Crippen molar-refractivity contribution in [1.82, 2.24) is 24.8 Å². The van der Waals surface area contributed by atoms with E-state index in [9.17, 15) is 4.79 Å². The van der Waals surface area contributed by atoms with Crippen molar-refractivity contribution in [3.8, 4) is 11.5 Å². The van der Waals surface area contributed by atoms with Gasteiger partial charge in [-0.3, -0.25) is 9.78 Å². The van der Waals surface area contributed by atoms with E-state index in [1.165, 1.54) is 0 Å². The lowest BCUT2D eigenvalue weighted by Crippen LogP contribution is -2.38. The van der Waals surface area contributed by atoms with Crippen LogP contribution < -0.4 is 0 Å². The molecule has 0 aliphatic carbocycles. The predicted molar refractivity (Wildman–Crippen MR) is 92.2 cm³/mol. The molecule has 2 aromatic heterocycles. The Hall–Kier alpha value is -2.24. The Labute approximate surface area is 142 Å². The van der Waals surface area contributed by atoms with Crippen molar-refractivity contribution in [2.75, 3.05) is 13.1 Å². The molecule has 0 saturated carbocycles. The highest BCUT2D eigenvalue weighted by Gasteiger charge is 2.32. The second kappa shape index (κ2) is 6.34. The standard InChI is InChI=1S/C18H25N5O/c1-12-8-21-16(22-12)15-10-19-14(9-20-15)7-13-5-6-23(11-13)17(24)18(2,3)4/h8-10,13H,5-7,11H2,1-4H3,(H,21,22). The highest BCUT2D eigenvalue weighted by atomic mass is 16.2. The van der Waals surface area contributed by atoms with E-state index in [0.717, 1.165) is 48.8 Å². The summed E-state index contributed by atoms with van der Waals surface area (Å²) in [5.74, 6) is 1.44. The highest BCUT2D eigenvalue weighted by molar-refractivity contribution is 5.81. The second-order valence-electron chi connectivity index (χ2n) is 7.67. The minimum atomic E-state index is -0.308. The number of hydrogen-bond donors (Lipinski definition) is 1. The van der Waals surface area contributed by atoms with Crippen molar-refractivity contribution in [3.63, 3.8) is 0 Å². The van der Waals surface area contributed by atoms with E-state index >= 15 is 0 Å². The number of carbonyl (C=O) groups excluding carboxylic acids is 1. The molecule has 0 radical (unpaired) electrons. The fourth-order valence-electron chi connectivity index (χ4n) is 3.08. The van der Waals surface area contributed by atoms with Gasteiger partial charge in [-0.25, -0.2) is 9.97 Å². The lowest BCUT2D eigenvalue weighted by Gasteiger charge is -2.25. The number of rotatable bonds is 3. The number of aromatic nitrogens is 4. The molecule has 1 aliphatic heterocycles. The molecule has 0 aromatic carbocycles. The predicted octanol–water partition coefficient (Wildman–Crippen LogP) is 2.61. The first-order valence-corrected chi connectivity index (χ1v) is 8.45. The van der Waals surface area contributed by atoms with Crippen molar-refractivity contribution in [2.45, 2.75) is 40.5 Å². The van der Waals surface area contributed by atoms with Gasteiger partial charge in [0.25, 0.3) is 0 Å². The van der Waals surface area contributed by atoms with Gasteiger partial charge in [0, 0.05) is 36.6 Å². The maximum absolute atomic E-state index is 12.4. The molecule has 2 aromatic rings. The number of aryl methyl sites for hydroxylation is 1. The number of likely N-dealkylation sites (tertiary alicyclic amines) is 1. The van der Waals surface area contributed by atoms with Gasteiger partial charge in [0.2, 0.25) is 5.91 Å². The van der Waals surface area contributed by atoms with E-state index in [4.69, 9.17) is 0 Å². The van der Waals surface area contributed by atoms with Gasteiger partial charge in [-0.1, -0.05) is 20.8 Å². The van der Waals surface area contributed by atoms with E-state index in [1.807, 2.05) is 38.8 Å². The monoisotopic (exact) mass is 327 g/mol. The molecule has 128 valence electrons. The summed E-state index contributed by atoms with van der Waals surface area (Å²) < 4.78 is 0. The Bertz CT molecular complexity index is 714. The van der Waals surface area contributed by atoms with Gasteiger partial charge >= 0.3 is 0 Å². The topological polar surface area (TPSA) is 74.8 Å². The van der Waals surface area contributed by atoms with Crippen LogP contribution in [0.3, 0.4) is 0 Å². The Kier molecular flexibility index (Phi) is 4.39. The molecule has 24 heavy (non-hydrogen) atoms. The highest BCUT2D eigenvalue weighted by Crippen LogP contribution is 2.25. The summed E-state index contributed by atoms with van der Waals surface area (Å²) in [6.07, 6.45) is 7.26. The summed E-state index contributed by atoms with van der Waals surface area (Å²) in [6.45, 7) is 9.55. The summed E-state index contributed by atoms with van der Waals surface area (Å²) in [7, 11) is 0. The number of imidazole rings is 1. The molecular formula is C18H25N5O. The zero-order valence-corrected chi connectivity index (χ0v) is 14.8. The van der Waals surface area contributed by atoms with Crippen molar-refractivity contribution in [3.05, 3.63) is 30.0 Å². The van der Waals surface area contributed by atoms with Gasteiger partial charge in [0.1, 0.15) is 5.69 Å². The van der Waals surface area contributed by atoms with E-state index in [-0.39, 0.29) is 11.3 Å². The molecule has 0 bridgehead atoms. The van der Waals surface area contributed by atoms with Gasteiger partial charge in [0.15, 0.2) is 5.82 Å². The molecule has 3 rings (SSSR count). The van der Waals surface area contributed by atoms with Gasteiger partial charge < -0.3 is 9.88 Å². The molecule has 3 heterocycles. The van der Waals surface area contributed by atoms with Crippen LogP contribution in [0, 0.1) is 18.3 Å². The summed E-state index contributed by atoms with van der Waals surface area (Å²) in [4.78, 5) is 30.8. The third kappa shape index (κ3) is 3.63. The average molecular weight is 327 g/mol. The number of carbonyl (C=O) groups is 1. The molecule has 1 amide bonds. The quantitative estimate of drug-likeness (QED) is 0.940. The van der Waals surface area contributed by atoms with Crippen LogP contribution in [0.5, 0.6) is 0 Å². The molecule has 1 N–H and O–H groups in total. The Morgan fingerprint density at radius 3 is 2.62 bits per heavy atom. The van der Waals surface area contributed by atoms with E-state index < -0.39 is 0 Å². The fourth-order valence-corrected chi connectivity index (χ4v) is 3.08. The lowest BCUT2D eigenvalue weighted by atomic mass is 9.95. The first-order valence-electron chi connectivity index (χ1n) is 8.45. The second-order valence-corrected chi connectivity index (χ2v) is 7.67. The summed E-state index contributed by atoms with van der Waals surface area (Å²) in [6, 6.07) is 0. The van der Waals surface area contributed by atoms with E-state index in [0.29, 0.717) is 5.92 Å². The van der Waals surface area contributed by atoms with Crippen molar-refractivity contribution >= 4 is 5.91 Å². The first-order chi connectivity index (χ1) is 11.3. The lowest BCUT2D eigenvalue weighted by molar-refractivity contribution is -0.138. The van der Waals surface area contributed by atoms with Crippen LogP contribution in [0.25, 0.3) is 11.5 Å². The molecule has 1 aliphatic rings. The number of H-pyrrole nitrogens is 1. The fraction of sp³-hybridized carbons (Fsp3) is 0.556. The maximum atomic E-state index is 12.4. The maximum Gasteiger partial charge on any atom is 0.227 e. The summed E-state index contributed by atoms with van der Waals surface area (Å²) >= 11 is 0. The summed E-state index contributed by atoms with van der Waals surface area (Å²) in [5, 5.41) is 0. The van der Waals surface area contributed by atoms with Crippen LogP contribution in [-0.2, 0) is 11.2 Å². The van der Waals surface area contributed by atoms with Gasteiger partial charge in [-0.05, 0) is 25.7 Å². The Morgan fingerprint density at radius 2 is 2.04 bits per heavy atom. The zero-order valence-electron chi connectivity index (χ0n) is 14.8. The number of nitrogens with zero attached hydrogens (tertiary/aromatic N) is 4. The van der Waals surface area contributed by atoms with E-state index in [2.05, 4.69) is 19.9 Å². The summed E-state index contributed by atoms with van der Waals surface area (Å²) in [5.41, 5.74) is 2.42. The molecule has 1 atom stereocenters. The van der Waals surface area contributed by atoms with Crippen LogP contribution >= 0.6 is 0 Å². The van der Waals surface area contributed by atoms with Crippen molar-refractivity contribution in [1.29, 1.82) is 0 Å². The molecule has 6 heteroatoms. The third-order valence-corrected chi connectivity index (χ3v) is 4.36. The minimum Gasteiger partial charge on any atom is -0.342 e. The minimum absolute atomic E-state index is 0.236. The molecule has 1 saturated heterocycles. The van der Waals surface area contributed by atoms with Crippen LogP contribution in [-0.4, -0.2) is 43.8 Å². The van der Waals surface area contributed by atoms with Crippen LogP contribution in [0.15, 0.2) is 18.6 Å². The van der Waals surface area contributed by atoms with E-state index in [1.54, 1.807) is 12.4 Å². The van der Waals surface area contributed by atoms with Crippen LogP contribution in [0.1, 0.15) is 38.6 Å². The normalized spacial score (nSPS) is 18.2. The van der Waals surface area contributed by atoms with Crippen molar-refractivity contribution in [2.24, 2.45) is 11.3 Å². The van der Waals surface area contributed by atoms with Gasteiger partial charge in [-0.15, -0.1) is 0 Å². The zero-order chi connectivity index (χ0) is 17.3. The number of aromatic amines is 1. The first kappa shape index (κ1) is 16.6. The Balaban J connectivity index is 1.60. The number of amides is 1. The third-order valence-electron chi connectivity index (χ3n) is 4.36. The average Bonchev–Trinajstić information content (AvgIpc) is 3.15. The Morgan fingerprint density at radius 1 is 1.25 bits per heavy atom. The van der Waals surface area contributed by atoms with Crippen LogP contribution in [0.2, 0.25) is 0 Å². The number of nitrogens with one attached hydrogen (secondary N) is 1. The SMILES string of the molecule is Cc1cnc(-c2cnc(CC3CCN(C(=O)C(C)(C)C)C3)cn2)[nH]1. The molecule has 0 spiro atoms.